The molecule has 20 heavy (non-hydrogen) atoms. The van der Waals surface area contributed by atoms with Gasteiger partial charge in [0.15, 0.2) is 5.58 Å². The summed E-state index contributed by atoms with van der Waals surface area (Å²) in [6.45, 7) is 0. The van der Waals surface area contributed by atoms with E-state index in [4.69, 9.17) is 21.1 Å². The Labute approximate surface area is 127 Å². The molecule has 0 radical (unpaired) electrons. The number of benzene rings is 2. The molecule has 0 aliphatic rings. The lowest BCUT2D eigenvalue weighted by Crippen LogP contribution is -1.95. The van der Waals surface area contributed by atoms with E-state index in [-0.39, 0.29) is 11.1 Å². The number of carboxylic acids is 1. The molecule has 4 nitrogen and oxygen atoms in total. The topological polar surface area (TPSA) is 63.3 Å². The van der Waals surface area contributed by atoms with Crippen LogP contribution in [0.4, 0.5) is 0 Å². The van der Waals surface area contributed by atoms with E-state index in [1.54, 1.807) is 24.3 Å². The van der Waals surface area contributed by atoms with Crippen molar-refractivity contribution in [2.24, 2.45) is 0 Å². The number of halogens is 2. The number of aromatic nitrogens is 1. The third-order valence-electron chi connectivity index (χ3n) is 2.81. The molecule has 0 saturated heterocycles. The molecule has 0 aliphatic heterocycles. The molecule has 0 atom stereocenters. The Hall–Kier alpha value is -1.85. The lowest BCUT2D eigenvalue weighted by molar-refractivity contribution is 0.0698. The van der Waals surface area contributed by atoms with Crippen molar-refractivity contribution in [3.05, 3.63) is 51.5 Å². The van der Waals surface area contributed by atoms with Gasteiger partial charge in [0.2, 0.25) is 5.89 Å². The molecular formula is C14H7BrClNO3. The molecule has 0 aliphatic carbocycles. The van der Waals surface area contributed by atoms with Crippen molar-refractivity contribution < 1.29 is 14.3 Å². The fraction of sp³-hybridized carbons (Fsp3) is 0. The van der Waals surface area contributed by atoms with Gasteiger partial charge in [-0.3, -0.25) is 0 Å². The van der Waals surface area contributed by atoms with Crippen molar-refractivity contribution >= 4 is 44.6 Å². The van der Waals surface area contributed by atoms with Crippen molar-refractivity contribution in [2.45, 2.75) is 0 Å². The lowest BCUT2D eigenvalue weighted by atomic mass is 10.2. The van der Waals surface area contributed by atoms with E-state index < -0.39 is 5.97 Å². The van der Waals surface area contributed by atoms with E-state index in [2.05, 4.69) is 20.9 Å². The average Bonchev–Trinajstić information content (AvgIpc) is 2.81. The summed E-state index contributed by atoms with van der Waals surface area (Å²) in [5.41, 5.74) is 1.42. The van der Waals surface area contributed by atoms with E-state index in [0.29, 0.717) is 22.0 Å². The first kappa shape index (κ1) is 13.1. The van der Waals surface area contributed by atoms with Gasteiger partial charge in [0.1, 0.15) is 11.1 Å². The largest absolute Gasteiger partial charge is 0.478 e. The SMILES string of the molecule is O=C(O)c1cccc2nc(-c3ccc(Br)cc3Cl)oc12. The number of oxazole rings is 1. The number of nitrogens with zero attached hydrogens (tertiary/aromatic N) is 1. The lowest BCUT2D eigenvalue weighted by Gasteiger charge is -1.99. The summed E-state index contributed by atoms with van der Waals surface area (Å²) in [6.07, 6.45) is 0. The maximum absolute atomic E-state index is 11.2. The molecule has 1 N–H and O–H groups in total. The normalized spacial score (nSPS) is 10.9. The van der Waals surface area contributed by atoms with Gasteiger partial charge < -0.3 is 9.52 Å². The molecule has 1 aromatic heterocycles. The second-order valence-electron chi connectivity index (χ2n) is 4.10. The van der Waals surface area contributed by atoms with Gasteiger partial charge in [-0.1, -0.05) is 33.6 Å². The third kappa shape index (κ3) is 2.19. The molecular weight excluding hydrogens is 346 g/mol. The first-order valence-corrected chi connectivity index (χ1v) is 6.81. The van der Waals surface area contributed by atoms with Crippen molar-refractivity contribution in [3.63, 3.8) is 0 Å². The summed E-state index contributed by atoms with van der Waals surface area (Å²) < 4.78 is 6.42. The van der Waals surface area contributed by atoms with Crippen LogP contribution < -0.4 is 0 Å². The first-order valence-electron chi connectivity index (χ1n) is 5.64. The van der Waals surface area contributed by atoms with E-state index in [0.717, 1.165) is 4.47 Å². The fourth-order valence-electron chi connectivity index (χ4n) is 1.90. The third-order valence-corrected chi connectivity index (χ3v) is 3.61. The number of hydrogen-bond donors (Lipinski definition) is 1. The predicted octanol–water partition coefficient (Wildman–Crippen LogP) is 4.61. The molecule has 0 amide bonds. The highest BCUT2D eigenvalue weighted by molar-refractivity contribution is 9.10. The second-order valence-corrected chi connectivity index (χ2v) is 5.43. The van der Waals surface area contributed by atoms with Crippen molar-refractivity contribution in [2.75, 3.05) is 0 Å². The molecule has 1 heterocycles. The average molecular weight is 353 g/mol. The Bertz CT molecular complexity index is 828. The number of hydrogen-bond acceptors (Lipinski definition) is 3. The van der Waals surface area contributed by atoms with Crippen LogP contribution in [0, 0.1) is 0 Å². The molecule has 3 rings (SSSR count). The number of rotatable bonds is 2. The molecule has 3 aromatic rings. The maximum atomic E-state index is 11.2. The molecule has 2 aromatic carbocycles. The zero-order valence-corrected chi connectivity index (χ0v) is 12.3. The standard InChI is InChI=1S/C14H7BrClNO3/c15-7-4-5-8(10(16)6-7)13-17-11-3-1-2-9(14(18)19)12(11)20-13/h1-6H,(H,18,19). The second kappa shape index (κ2) is 4.92. The van der Waals surface area contributed by atoms with Crippen molar-refractivity contribution in [3.8, 4) is 11.5 Å². The van der Waals surface area contributed by atoms with Crippen molar-refractivity contribution in [1.29, 1.82) is 0 Å². The summed E-state index contributed by atoms with van der Waals surface area (Å²) in [5.74, 6) is -0.758. The minimum atomic E-state index is -1.06. The first-order chi connectivity index (χ1) is 9.56. The Morgan fingerprint density at radius 1 is 1.30 bits per heavy atom. The molecule has 6 heteroatoms. The van der Waals surface area contributed by atoms with E-state index in [1.807, 2.05) is 6.07 Å². The van der Waals surface area contributed by atoms with Crippen LogP contribution >= 0.6 is 27.5 Å². The number of aromatic carboxylic acids is 1. The molecule has 0 fully saturated rings. The van der Waals surface area contributed by atoms with Crippen LogP contribution in [-0.2, 0) is 0 Å². The van der Waals surface area contributed by atoms with Gasteiger partial charge in [0, 0.05) is 4.47 Å². The summed E-state index contributed by atoms with van der Waals surface area (Å²) in [6, 6.07) is 10.1. The zero-order valence-electron chi connectivity index (χ0n) is 9.93. The van der Waals surface area contributed by atoms with Crippen LogP contribution in [0.1, 0.15) is 10.4 Å². The van der Waals surface area contributed by atoms with E-state index >= 15 is 0 Å². The Balaban J connectivity index is 2.23. The van der Waals surface area contributed by atoms with Crippen LogP contribution in [0.2, 0.25) is 5.02 Å². The zero-order chi connectivity index (χ0) is 14.3. The highest BCUT2D eigenvalue weighted by Gasteiger charge is 2.17. The van der Waals surface area contributed by atoms with Crippen LogP contribution in [-0.4, -0.2) is 16.1 Å². The number of fused-ring (bicyclic) bond motifs is 1. The quantitative estimate of drug-likeness (QED) is 0.731. The minimum absolute atomic E-state index is 0.0782. The van der Waals surface area contributed by atoms with Gasteiger partial charge in [-0.2, -0.15) is 0 Å². The Morgan fingerprint density at radius 3 is 2.80 bits per heavy atom. The minimum Gasteiger partial charge on any atom is -0.478 e. The summed E-state index contributed by atoms with van der Waals surface area (Å²) >= 11 is 9.47. The van der Waals surface area contributed by atoms with Gasteiger partial charge >= 0.3 is 5.97 Å². The molecule has 0 unspecified atom stereocenters. The maximum Gasteiger partial charge on any atom is 0.339 e. The monoisotopic (exact) mass is 351 g/mol. The highest BCUT2D eigenvalue weighted by atomic mass is 79.9. The Kier molecular flexibility index (Phi) is 3.23. The van der Waals surface area contributed by atoms with Gasteiger partial charge in [0.25, 0.3) is 0 Å². The number of para-hydroxylation sites is 1. The summed E-state index contributed by atoms with van der Waals surface area (Å²) in [7, 11) is 0. The van der Waals surface area contributed by atoms with Crippen LogP contribution in [0.25, 0.3) is 22.6 Å². The van der Waals surface area contributed by atoms with Crippen LogP contribution in [0.15, 0.2) is 45.3 Å². The molecule has 100 valence electrons. The molecule has 0 saturated carbocycles. The Morgan fingerprint density at radius 2 is 2.10 bits per heavy atom. The van der Waals surface area contributed by atoms with Crippen LogP contribution in [0.5, 0.6) is 0 Å². The summed E-state index contributed by atoms with van der Waals surface area (Å²) in [5, 5.41) is 9.61. The number of carboxylic acid groups (broad SMARTS) is 1. The number of carbonyl (C=O) groups is 1. The van der Waals surface area contributed by atoms with Gasteiger partial charge in [0.05, 0.1) is 10.6 Å². The fourth-order valence-corrected chi connectivity index (χ4v) is 2.65. The van der Waals surface area contributed by atoms with Gasteiger partial charge in [-0.25, -0.2) is 9.78 Å². The van der Waals surface area contributed by atoms with Crippen LogP contribution in [0.3, 0.4) is 0 Å². The molecule has 0 spiro atoms. The van der Waals surface area contributed by atoms with Crippen molar-refractivity contribution in [1.82, 2.24) is 4.98 Å². The van der Waals surface area contributed by atoms with Gasteiger partial charge in [-0.15, -0.1) is 0 Å². The smallest absolute Gasteiger partial charge is 0.339 e. The molecule has 0 bridgehead atoms. The van der Waals surface area contributed by atoms with E-state index in [1.165, 1.54) is 6.07 Å². The highest BCUT2D eigenvalue weighted by Crippen LogP contribution is 2.32. The predicted molar refractivity (Wildman–Crippen MR) is 79.1 cm³/mol. The van der Waals surface area contributed by atoms with Gasteiger partial charge in [-0.05, 0) is 30.3 Å². The summed E-state index contributed by atoms with van der Waals surface area (Å²) in [4.78, 5) is 15.4. The van der Waals surface area contributed by atoms with E-state index in [9.17, 15) is 4.79 Å².